The van der Waals surface area contributed by atoms with Crippen molar-refractivity contribution in [3.63, 3.8) is 0 Å². The summed E-state index contributed by atoms with van der Waals surface area (Å²) in [6.07, 6.45) is 12.1. The van der Waals surface area contributed by atoms with Crippen LogP contribution in [0.3, 0.4) is 0 Å². The van der Waals surface area contributed by atoms with E-state index in [-0.39, 0.29) is 7.25 Å². The molecule has 4 heterocycles. The number of hydrogen-bond donors (Lipinski definition) is 0. The average molecular weight is 912 g/mol. The van der Waals surface area contributed by atoms with Crippen molar-refractivity contribution in [2.24, 2.45) is 0 Å². The number of rotatable bonds is 9. The summed E-state index contributed by atoms with van der Waals surface area (Å²) in [5, 5.41) is 2.50. The van der Waals surface area contributed by atoms with Crippen LogP contribution in [0.15, 0.2) is 194 Å². The standard InChI is InChI=1S/2C20H15N2.C12H11Si.2ClH.Zr/c2*1-14-10-15-12-16(19-6-2-4-8-21-19)13-18(17(15)11-14)20-7-3-5-9-22-20;1-3-7-11(8-4-1)13-12-9-5-2-6-10-12;;;/h2*2-13H,1H3;1-10,13H;2*1H;/q;;;;;+2/p-2. The molecule has 8 aromatic rings. The molecule has 0 N–H and O–H groups in total. The molecule has 2 atom stereocenters. The summed E-state index contributed by atoms with van der Waals surface area (Å²) in [6.45, 7) is 4.51. The van der Waals surface area contributed by atoms with Crippen molar-refractivity contribution in [2.75, 3.05) is 0 Å². The quantitative estimate of drug-likeness (QED) is 0.135. The molecule has 0 aliphatic heterocycles. The fourth-order valence-corrected chi connectivity index (χ4v) is 61.5. The zero-order valence-corrected chi connectivity index (χ0v) is 38.4. The van der Waals surface area contributed by atoms with Gasteiger partial charge >= 0.3 is 363 Å². The van der Waals surface area contributed by atoms with Crippen LogP contribution in [0.1, 0.15) is 43.4 Å². The molecule has 0 fully saturated rings. The number of benzene rings is 4. The molecule has 10 rings (SSSR count). The van der Waals surface area contributed by atoms with Crippen molar-refractivity contribution < 1.29 is 15.6 Å². The van der Waals surface area contributed by atoms with E-state index in [1.807, 2.05) is 61.2 Å². The first-order valence-corrected chi connectivity index (χ1v) is 35.5. The van der Waals surface area contributed by atoms with Gasteiger partial charge in [0.05, 0.1) is 0 Å². The van der Waals surface area contributed by atoms with E-state index >= 15 is 0 Å². The van der Waals surface area contributed by atoms with Gasteiger partial charge in [0.15, 0.2) is 0 Å². The van der Waals surface area contributed by atoms with Crippen molar-refractivity contribution in [1.82, 2.24) is 19.9 Å². The molecule has 4 aromatic carbocycles. The van der Waals surface area contributed by atoms with Crippen molar-refractivity contribution in [3.8, 4) is 45.0 Å². The molecule has 2 aliphatic rings. The van der Waals surface area contributed by atoms with Gasteiger partial charge in [-0.25, -0.2) is 0 Å². The Hall–Kier alpha value is -5.36. The van der Waals surface area contributed by atoms with E-state index in [2.05, 4.69) is 147 Å². The third kappa shape index (κ3) is 6.53. The van der Waals surface area contributed by atoms with Gasteiger partial charge in [-0.2, -0.15) is 0 Å². The monoisotopic (exact) mass is 909 g/mol. The van der Waals surface area contributed by atoms with E-state index < -0.39 is 21.5 Å². The Morgan fingerprint density at radius 3 is 1.13 bits per heavy atom. The van der Waals surface area contributed by atoms with E-state index in [0.29, 0.717) is 0 Å². The summed E-state index contributed by atoms with van der Waals surface area (Å²) in [7, 11) is 18.7. The van der Waals surface area contributed by atoms with E-state index in [0.717, 1.165) is 67.3 Å². The number of nitrogens with zero attached hydrogens (tertiary/aromatic N) is 4. The third-order valence-corrected chi connectivity index (χ3v) is 54.7. The summed E-state index contributed by atoms with van der Waals surface area (Å²) < 4.78 is -0.492. The van der Waals surface area contributed by atoms with Crippen LogP contribution in [0.2, 0.25) is 0 Å². The van der Waals surface area contributed by atoms with E-state index in [1.54, 1.807) is 0 Å². The third-order valence-electron chi connectivity index (χ3n) is 12.4. The summed E-state index contributed by atoms with van der Waals surface area (Å²) in [5.74, 6) is -2.56. The molecule has 0 radical (unpaired) electrons. The second kappa shape index (κ2) is 15.6. The number of pyridine rings is 4. The molecule has 2 aliphatic carbocycles. The number of halogens is 2. The van der Waals surface area contributed by atoms with Gasteiger partial charge in [-0.15, -0.1) is 0 Å². The Balaban J connectivity index is 1.32. The van der Waals surface area contributed by atoms with Crippen LogP contribution >= 0.6 is 17.0 Å². The Morgan fingerprint density at radius 1 is 0.433 bits per heavy atom. The molecule has 0 saturated carbocycles. The van der Waals surface area contributed by atoms with Crippen LogP contribution in [-0.4, -0.2) is 25.9 Å². The molecule has 60 heavy (non-hydrogen) atoms. The second-order valence-corrected chi connectivity index (χ2v) is 54.2. The second-order valence-electron chi connectivity index (χ2n) is 16.0. The van der Waals surface area contributed by atoms with Gasteiger partial charge in [0, 0.05) is 0 Å². The number of aromatic nitrogens is 4. The van der Waals surface area contributed by atoms with E-state index in [4.69, 9.17) is 19.9 Å². The fraction of sp³-hybridized carbons (Fsp3) is 0.0769. The first kappa shape index (κ1) is 38.8. The minimum atomic E-state index is -5.75. The molecule has 0 bridgehead atoms. The maximum absolute atomic E-state index is 9.37. The summed E-state index contributed by atoms with van der Waals surface area (Å²) in [4.78, 5) is 19.5. The van der Waals surface area contributed by atoms with Crippen LogP contribution < -0.4 is 10.4 Å². The van der Waals surface area contributed by atoms with Crippen molar-refractivity contribution in [3.05, 3.63) is 216 Å². The van der Waals surface area contributed by atoms with Crippen molar-refractivity contribution in [2.45, 2.75) is 21.1 Å². The van der Waals surface area contributed by atoms with Gasteiger partial charge in [-0.3, -0.25) is 0 Å². The first-order valence-electron chi connectivity index (χ1n) is 20.3. The summed E-state index contributed by atoms with van der Waals surface area (Å²) in [5.41, 5.74) is 14.6. The van der Waals surface area contributed by atoms with Crippen LogP contribution in [0, 0.1) is 0 Å². The number of allylic oxidation sites excluding steroid dienone is 2. The van der Waals surface area contributed by atoms with Gasteiger partial charge in [0.2, 0.25) is 0 Å². The summed E-state index contributed by atoms with van der Waals surface area (Å²) in [6, 6.07) is 55.4. The van der Waals surface area contributed by atoms with Crippen LogP contribution in [0.4, 0.5) is 0 Å². The van der Waals surface area contributed by atoms with Crippen molar-refractivity contribution >= 4 is 45.5 Å². The number of hydrogen-bond acceptors (Lipinski definition) is 4. The van der Waals surface area contributed by atoms with Gasteiger partial charge < -0.3 is 0 Å². The van der Waals surface area contributed by atoms with Crippen molar-refractivity contribution in [1.29, 1.82) is 0 Å². The van der Waals surface area contributed by atoms with Gasteiger partial charge in [0.1, 0.15) is 0 Å². The molecule has 0 spiro atoms. The van der Waals surface area contributed by atoms with Crippen LogP contribution in [0.25, 0.3) is 57.2 Å². The predicted molar refractivity (Wildman–Crippen MR) is 250 cm³/mol. The van der Waals surface area contributed by atoms with Crippen LogP contribution in [-0.2, 0) is 15.6 Å². The molecular weight excluding hydrogens is 871 g/mol. The zero-order valence-electron chi connectivity index (χ0n) is 33.3. The van der Waals surface area contributed by atoms with Gasteiger partial charge in [-0.1, -0.05) is 0 Å². The fourth-order valence-electron chi connectivity index (χ4n) is 10.2. The summed E-state index contributed by atoms with van der Waals surface area (Å²) >= 11 is -5.75. The predicted octanol–water partition coefficient (Wildman–Crippen LogP) is 12.1. The molecule has 0 amide bonds. The molecule has 291 valence electrons. The Morgan fingerprint density at radius 2 is 0.783 bits per heavy atom. The average Bonchev–Trinajstić information content (AvgIpc) is 3.84. The Bertz CT molecular complexity index is 2730. The molecule has 4 nitrogen and oxygen atoms in total. The van der Waals surface area contributed by atoms with E-state index in [9.17, 15) is 17.0 Å². The zero-order chi connectivity index (χ0) is 40.9. The SMILES string of the molecule is CC1=Cc2c(-c3ccccn3)cc(-c3ccccn3)cc2[CH]1[Zr]([Cl])([Cl])([CH]1C(C)=Cc2c(-c3ccccn3)cc(-c3ccccn3)cc21)[SiH](c1ccccc1)c1ccccc1. The van der Waals surface area contributed by atoms with Gasteiger partial charge in [-0.05, 0) is 0 Å². The molecule has 8 heteroatoms. The minimum absolute atomic E-state index is 0.246. The Kier molecular flexibility index (Phi) is 10.1. The topological polar surface area (TPSA) is 51.6 Å². The molecule has 0 saturated heterocycles. The molecule has 2 unspecified atom stereocenters. The first-order chi connectivity index (χ1) is 29.3. The number of fused-ring (bicyclic) bond motifs is 2. The molecule has 4 aromatic heterocycles. The maximum atomic E-state index is 9.37. The van der Waals surface area contributed by atoms with E-state index in [1.165, 1.54) is 21.5 Å². The Labute approximate surface area is 360 Å². The van der Waals surface area contributed by atoms with Gasteiger partial charge in [0.25, 0.3) is 0 Å². The normalized spacial score (nSPS) is 16.4. The molecular formula is C52H41Cl2N4SiZr. The van der Waals surface area contributed by atoms with Crippen LogP contribution in [0.5, 0.6) is 0 Å².